The Morgan fingerprint density at radius 3 is 2.64 bits per heavy atom. The van der Waals surface area contributed by atoms with Crippen molar-refractivity contribution in [1.29, 1.82) is 0 Å². The third-order valence-corrected chi connectivity index (χ3v) is 4.70. The summed E-state index contributed by atoms with van der Waals surface area (Å²) in [5.74, 6) is 0.652. The van der Waals surface area contributed by atoms with Crippen molar-refractivity contribution in [3.8, 4) is 5.69 Å². The fourth-order valence-corrected chi connectivity index (χ4v) is 3.01. The van der Waals surface area contributed by atoms with Crippen molar-refractivity contribution in [1.82, 2.24) is 14.5 Å². The highest BCUT2D eigenvalue weighted by Gasteiger charge is 2.15. The molecule has 1 saturated heterocycles. The maximum Gasteiger partial charge on any atom is 0.266 e. The Morgan fingerprint density at radius 1 is 1.08 bits per heavy atom. The minimum Gasteiger partial charge on any atom is -0.378 e. The minimum absolute atomic E-state index is 0.103. The largest absolute Gasteiger partial charge is 0.378 e. The second-order valence-corrected chi connectivity index (χ2v) is 6.33. The Bertz CT molecular complexity index is 990. The first kappa shape index (κ1) is 15.8. The zero-order valence-corrected chi connectivity index (χ0v) is 14.4. The molecule has 128 valence electrons. The summed E-state index contributed by atoms with van der Waals surface area (Å²) in [5, 5.41) is 0.526. The lowest BCUT2D eigenvalue weighted by molar-refractivity contribution is 0.122. The van der Waals surface area contributed by atoms with E-state index in [9.17, 15) is 4.79 Å². The molecule has 1 aromatic carbocycles. The fourth-order valence-electron chi connectivity index (χ4n) is 3.01. The summed E-state index contributed by atoms with van der Waals surface area (Å²) in [7, 11) is 0. The van der Waals surface area contributed by atoms with Gasteiger partial charge in [-0.25, -0.2) is 9.97 Å². The molecule has 0 saturated carbocycles. The number of aromatic nitrogens is 3. The minimum atomic E-state index is -0.103. The van der Waals surface area contributed by atoms with Gasteiger partial charge in [0, 0.05) is 31.2 Å². The molecule has 0 spiro atoms. The maximum atomic E-state index is 12.9. The normalized spacial score (nSPS) is 14.9. The number of pyridine rings is 1. The van der Waals surface area contributed by atoms with Crippen LogP contribution in [0.1, 0.15) is 11.1 Å². The number of hydrogen-bond acceptors (Lipinski definition) is 5. The Morgan fingerprint density at radius 2 is 1.88 bits per heavy atom. The number of aryl methyl sites for hydroxylation is 2. The lowest BCUT2D eigenvalue weighted by atomic mass is 10.1. The van der Waals surface area contributed by atoms with E-state index in [4.69, 9.17) is 4.74 Å². The van der Waals surface area contributed by atoms with Gasteiger partial charge < -0.3 is 9.64 Å². The molecule has 1 fully saturated rings. The van der Waals surface area contributed by atoms with Gasteiger partial charge in [0.05, 0.1) is 24.1 Å². The van der Waals surface area contributed by atoms with Crippen LogP contribution in [-0.4, -0.2) is 40.8 Å². The first-order valence-corrected chi connectivity index (χ1v) is 8.42. The van der Waals surface area contributed by atoms with Crippen LogP contribution >= 0.6 is 0 Å². The van der Waals surface area contributed by atoms with Crippen LogP contribution in [0, 0.1) is 13.8 Å². The molecule has 1 aliphatic heterocycles. The number of rotatable bonds is 2. The molecule has 6 heteroatoms. The van der Waals surface area contributed by atoms with E-state index in [1.54, 1.807) is 17.0 Å². The molecule has 0 unspecified atom stereocenters. The van der Waals surface area contributed by atoms with Crippen LogP contribution in [0.4, 0.5) is 5.95 Å². The predicted molar refractivity (Wildman–Crippen MR) is 97.6 cm³/mol. The molecule has 4 rings (SSSR count). The van der Waals surface area contributed by atoms with Gasteiger partial charge in [-0.2, -0.15) is 0 Å². The molecule has 0 amide bonds. The maximum absolute atomic E-state index is 12.9. The van der Waals surface area contributed by atoms with Gasteiger partial charge in [-0.3, -0.25) is 9.36 Å². The van der Waals surface area contributed by atoms with Crippen LogP contribution in [0.5, 0.6) is 0 Å². The van der Waals surface area contributed by atoms with E-state index < -0.39 is 0 Å². The van der Waals surface area contributed by atoms with Crippen molar-refractivity contribution in [2.75, 3.05) is 31.2 Å². The topological polar surface area (TPSA) is 60.3 Å². The molecule has 25 heavy (non-hydrogen) atoms. The molecule has 0 aliphatic carbocycles. The van der Waals surface area contributed by atoms with Gasteiger partial charge >= 0.3 is 0 Å². The van der Waals surface area contributed by atoms with E-state index in [2.05, 4.69) is 21.8 Å². The van der Waals surface area contributed by atoms with Gasteiger partial charge in [0.15, 0.2) is 0 Å². The van der Waals surface area contributed by atoms with Gasteiger partial charge in [0.1, 0.15) is 0 Å². The summed E-state index contributed by atoms with van der Waals surface area (Å²) < 4.78 is 7.01. The summed E-state index contributed by atoms with van der Waals surface area (Å²) in [6.07, 6.45) is 3.41. The molecular formula is C19H20N4O2. The number of ether oxygens (including phenoxy) is 1. The highest BCUT2D eigenvalue weighted by Crippen LogP contribution is 2.16. The van der Waals surface area contributed by atoms with Crippen LogP contribution in [0.25, 0.3) is 16.6 Å². The van der Waals surface area contributed by atoms with Crippen LogP contribution in [0.3, 0.4) is 0 Å². The van der Waals surface area contributed by atoms with E-state index in [0.29, 0.717) is 30.1 Å². The number of anilines is 1. The second kappa shape index (κ2) is 6.29. The van der Waals surface area contributed by atoms with Crippen LogP contribution in [0.2, 0.25) is 0 Å². The average Bonchev–Trinajstić information content (AvgIpc) is 2.65. The van der Waals surface area contributed by atoms with Gasteiger partial charge in [-0.05, 0) is 43.2 Å². The number of nitrogens with zero attached hydrogens (tertiary/aromatic N) is 4. The first-order valence-electron chi connectivity index (χ1n) is 8.42. The summed E-state index contributed by atoms with van der Waals surface area (Å²) in [4.78, 5) is 23.9. The smallest absolute Gasteiger partial charge is 0.266 e. The molecule has 0 bridgehead atoms. The van der Waals surface area contributed by atoms with Gasteiger partial charge in [0.2, 0.25) is 5.95 Å². The van der Waals surface area contributed by atoms with Crippen molar-refractivity contribution in [2.24, 2.45) is 0 Å². The monoisotopic (exact) mass is 336 g/mol. The zero-order chi connectivity index (χ0) is 17.4. The third kappa shape index (κ3) is 2.89. The number of hydrogen-bond donors (Lipinski definition) is 0. The van der Waals surface area contributed by atoms with Crippen molar-refractivity contribution in [2.45, 2.75) is 13.8 Å². The van der Waals surface area contributed by atoms with Crippen LogP contribution < -0.4 is 10.5 Å². The number of morpholine rings is 1. The molecule has 2 aromatic heterocycles. The highest BCUT2D eigenvalue weighted by molar-refractivity contribution is 5.78. The first-order chi connectivity index (χ1) is 12.1. The van der Waals surface area contributed by atoms with Crippen LogP contribution in [0.15, 0.2) is 41.5 Å². The molecule has 3 aromatic rings. The Hall–Kier alpha value is -2.73. The Kier molecular flexibility index (Phi) is 3.97. The van der Waals surface area contributed by atoms with E-state index in [1.165, 1.54) is 5.56 Å². The quantitative estimate of drug-likeness (QED) is 0.718. The van der Waals surface area contributed by atoms with Crippen molar-refractivity contribution in [3.63, 3.8) is 0 Å². The lowest BCUT2D eigenvalue weighted by Gasteiger charge is -2.26. The van der Waals surface area contributed by atoms with Gasteiger partial charge in [-0.15, -0.1) is 0 Å². The zero-order valence-electron chi connectivity index (χ0n) is 14.4. The molecule has 0 radical (unpaired) electrons. The summed E-state index contributed by atoms with van der Waals surface area (Å²) in [6.45, 7) is 6.99. The SMILES string of the molecule is Cc1ccc(-n2ccc3nc(N4CCOCC4)ncc3c2=O)cc1C. The molecule has 1 aliphatic rings. The van der Waals surface area contributed by atoms with Gasteiger partial charge in [-0.1, -0.05) is 6.07 Å². The van der Waals surface area contributed by atoms with E-state index >= 15 is 0 Å². The van der Waals surface area contributed by atoms with Gasteiger partial charge in [0.25, 0.3) is 5.56 Å². The van der Waals surface area contributed by atoms with Crippen molar-refractivity contribution >= 4 is 16.9 Å². The number of fused-ring (bicyclic) bond motifs is 1. The number of benzene rings is 1. The van der Waals surface area contributed by atoms with Crippen molar-refractivity contribution in [3.05, 3.63) is 58.1 Å². The van der Waals surface area contributed by atoms with E-state index in [-0.39, 0.29) is 5.56 Å². The van der Waals surface area contributed by atoms with E-state index in [1.807, 2.05) is 31.2 Å². The highest BCUT2D eigenvalue weighted by atomic mass is 16.5. The summed E-state index contributed by atoms with van der Waals surface area (Å²) in [5.41, 5.74) is 3.78. The third-order valence-electron chi connectivity index (χ3n) is 4.70. The summed E-state index contributed by atoms with van der Waals surface area (Å²) >= 11 is 0. The molecule has 3 heterocycles. The Labute approximate surface area is 145 Å². The molecule has 6 nitrogen and oxygen atoms in total. The Balaban J connectivity index is 1.77. The molecular weight excluding hydrogens is 316 g/mol. The van der Waals surface area contributed by atoms with E-state index in [0.717, 1.165) is 24.3 Å². The van der Waals surface area contributed by atoms with Crippen molar-refractivity contribution < 1.29 is 4.74 Å². The second-order valence-electron chi connectivity index (χ2n) is 6.33. The predicted octanol–water partition coefficient (Wildman–Crippen LogP) is 2.23. The van der Waals surface area contributed by atoms with Crippen LogP contribution in [-0.2, 0) is 4.74 Å². The molecule has 0 N–H and O–H groups in total. The lowest BCUT2D eigenvalue weighted by Crippen LogP contribution is -2.37. The molecule has 0 atom stereocenters. The standard InChI is InChI=1S/C19H20N4O2/c1-13-3-4-15(11-14(13)2)23-6-5-17-16(18(23)24)12-20-19(21-17)22-7-9-25-10-8-22/h3-6,11-12H,7-10H2,1-2H3. The fraction of sp³-hybridized carbons (Fsp3) is 0.316. The summed E-state index contributed by atoms with van der Waals surface area (Å²) in [6, 6.07) is 7.88. The average molecular weight is 336 g/mol.